The summed E-state index contributed by atoms with van der Waals surface area (Å²) >= 11 is 0. The van der Waals surface area contributed by atoms with Crippen LogP contribution in [-0.4, -0.2) is 193 Å². The third-order valence-electron chi connectivity index (χ3n) is 24.3. The smallest absolute Gasteiger partial charge is 0.220 e. The number of allylic oxidation sites excluding steroid dienone is 9. The maximum absolute atomic E-state index is 13.5. The predicted octanol–water partition coefficient (Wildman–Crippen LogP) is 20.1. The van der Waals surface area contributed by atoms with Gasteiger partial charge in [0.2, 0.25) is 5.91 Å². The molecular weight excluding hydrogens is 1480 g/mol. The number of ether oxygens (including phenoxy) is 6. The fourth-order valence-electron chi connectivity index (χ4n) is 16.5. The first kappa shape index (κ1) is 109. The van der Waals surface area contributed by atoms with Gasteiger partial charge in [0, 0.05) is 6.42 Å². The summed E-state index contributed by atoms with van der Waals surface area (Å²) in [5.74, 6) is -0.277. The summed E-state index contributed by atoms with van der Waals surface area (Å²) in [7, 11) is 0. The van der Waals surface area contributed by atoms with Gasteiger partial charge in [0.05, 0.1) is 38.6 Å². The fourth-order valence-corrected chi connectivity index (χ4v) is 16.5. The molecule has 0 aromatic rings. The second-order valence-corrected chi connectivity index (χ2v) is 34.9. The average Bonchev–Trinajstić information content (AvgIpc) is 0.777. The van der Waals surface area contributed by atoms with Crippen molar-refractivity contribution in [3.63, 3.8) is 0 Å². The van der Waals surface area contributed by atoms with Crippen molar-refractivity contribution >= 4 is 5.91 Å². The first-order valence-corrected chi connectivity index (χ1v) is 49.0. The number of carbonyl (C=O) groups is 1. The van der Waals surface area contributed by atoms with E-state index in [2.05, 4.69) is 67.8 Å². The van der Waals surface area contributed by atoms with Crippen molar-refractivity contribution in [1.29, 1.82) is 0 Å². The van der Waals surface area contributed by atoms with Crippen LogP contribution in [0.3, 0.4) is 0 Å². The van der Waals surface area contributed by atoms with Crippen LogP contribution >= 0.6 is 0 Å². The summed E-state index contributed by atoms with van der Waals surface area (Å²) in [5.41, 5.74) is 0. The van der Waals surface area contributed by atoms with Crippen LogP contribution in [-0.2, 0) is 33.2 Å². The highest BCUT2D eigenvalue weighted by Gasteiger charge is 2.54. The molecule has 19 heteroatoms. The Balaban J connectivity index is 1.30. The maximum atomic E-state index is 13.5. The lowest BCUT2D eigenvalue weighted by molar-refractivity contribution is -0.379. The van der Waals surface area contributed by atoms with Crippen molar-refractivity contribution in [3.05, 3.63) is 60.8 Å². The van der Waals surface area contributed by atoms with Crippen LogP contribution < -0.4 is 5.32 Å². The molecule has 0 radical (unpaired) electrons. The molecule has 19 nitrogen and oxygen atoms in total. The number of amides is 1. The van der Waals surface area contributed by atoms with Crippen LogP contribution in [0.5, 0.6) is 0 Å². The van der Waals surface area contributed by atoms with Crippen molar-refractivity contribution in [1.82, 2.24) is 5.32 Å². The number of hydrogen-bond acceptors (Lipinski definition) is 18. The molecule has 3 saturated heterocycles. The van der Waals surface area contributed by atoms with Gasteiger partial charge in [-0.25, -0.2) is 0 Å². The standard InChI is InChI=1S/C98H181NO18/c1-3-5-7-9-11-13-15-17-19-21-23-25-27-29-31-33-35-37-38-39-40-41-42-44-46-48-50-52-54-56-58-60-62-64-66-68-70-72-74-76-86(104)99-81(82(103)75-73-71-69-67-65-63-61-59-57-55-53-51-49-47-45-43-36-34-32-30-28-26-24-22-20-18-16-14-12-10-8-6-4-2)80-112-96-92(110)89(107)94(84(78-101)114-96)117-98-93(111)90(108)95(85(79-102)115-98)116-97-91(109)88(106)87(105)83(77-100)113-97/h15,17,21,23,27,29,65,67,73,75,81-85,87-98,100-103,105-111H,3-14,16,18-20,22,24-26,28,30-64,66,68-72,74,76-80H2,1-2H3,(H,99,104)/b17-15-,23-21-,29-27-,67-65+,75-73+. The first-order chi connectivity index (χ1) is 57.3. The Bertz CT molecular complexity index is 2340. The number of carbonyl (C=O) groups excluding carboxylic acids is 1. The van der Waals surface area contributed by atoms with E-state index in [9.17, 15) is 61.0 Å². The largest absolute Gasteiger partial charge is 0.394 e. The molecule has 3 aliphatic heterocycles. The molecule has 117 heavy (non-hydrogen) atoms. The minimum Gasteiger partial charge on any atom is -0.394 e. The molecule has 0 saturated carbocycles. The van der Waals surface area contributed by atoms with E-state index < -0.39 is 124 Å². The number of aliphatic hydroxyl groups excluding tert-OH is 11. The molecule has 0 spiro atoms. The molecule has 17 unspecified atom stereocenters. The van der Waals surface area contributed by atoms with Gasteiger partial charge in [0.15, 0.2) is 18.9 Å². The van der Waals surface area contributed by atoms with Gasteiger partial charge < -0.3 is 89.9 Å². The number of hydrogen-bond donors (Lipinski definition) is 12. The van der Waals surface area contributed by atoms with Crippen molar-refractivity contribution < 1.29 is 89.4 Å². The average molecular weight is 1660 g/mol. The molecule has 3 heterocycles. The molecule has 0 aromatic heterocycles. The zero-order chi connectivity index (χ0) is 84.5. The zero-order valence-corrected chi connectivity index (χ0v) is 74.4. The van der Waals surface area contributed by atoms with Crippen LogP contribution in [0.1, 0.15) is 425 Å². The molecule has 12 N–H and O–H groups in total. The van der Waals surface area contributed by atoms with Crippen LogP contribution in [0.2, 0.25) is 0 Å². The topological polar surface area (TPSA) is 307 Å². The zero-order valence-electron chi connectivity index (χ0n) is 74.4. The van der Waals surface area contributed by atoms with Gasteiger partial charge >= 0.3 is 0 Å². The molecule has 0 aliphatic carbocycles. The maximum Gasteiger partial charge on any atom is 0.220 e. The molecule has 1 amide bonds. The van der Waals surface area contributed by atoms with Gasteiger partial charge in [-0.3, -0.25) is 4.79 Å². The Labute approximate surface area is 713 Å². The molecule has 17 atom stereocenters. The second kappa shape index (κ2) is 77.1. The van der Waals surface area contributed by atoms with E-state index in [1.165, 1.54) is 340 Å². The van der Waals surface area contributed by atoms with Crippen molar-refractivity contribution in [2.75, 3.05) is 26.4 Å². The lowest BCUT2D eigenvalue weighted by Crippen LogP contribution is -2.66. The SMILES string of the molecule is CCCCCCC/C=C\C/C=C\C/C=C\CCCCCCCCCCCCCCCCCCCCCCCCCCC(=O)NC(COC1OC(CO)C(OC2OC(CO)C(OC3OC(CO)C(O)C(O)C3O)C(O)C2O)C(O)C1O)C(O)/C=C/CC/C=C/CCCCCCCCCCCCCCCCCCCCCCCCCCCCC. The van der Waals surface area contributed by atoms with Crippen LogP contribution in [0.25, 0.3) is 0 Å². The fraction of sp³-hybridized carbons (Fsp3) is 0.888. The Hall–Kier alpha value is -2.51. The number of aliphatic hydroxyl groups is 11. The predicted molar refractivity (Wildman–Crippen MR) is 475 cm³/mol. The minimum atomic E-state index is -1.98. The van der Waals surface area contributed by atoms with E-state index in [0.717, 1.165) is 51.4 Å². The highest BCUT2D eigenvalue weighted by molar-refractivity contribution is 5.76. The van der Waals surface area contributed by atoms with Crippen molar-refractivity contribution in [3.8, 4) is 0 Å². The normalized spacial score (nSPS) is 24.6. The van der Waals surface area contributed by atoms with E-state index in [1.807, 2.05) is 6.08 Å². The summed E-state index contributed by atoms with van der Waals surface area (Å²) in [6, 6.07) is -0.993. The lowest BCUT2D eigenvalue weighted by Gasteiger charge is -2.48. The number of rotatable bonds is 81. The Kier molecular flexibility index (Phi) is 71.6. The lowest BCUT2D eigenvalue weighted by atomic mass is 9.96. The summed E-state index contributed by atoms with van der Waals surface area (Å²) < 4.78 is 34.6. The molecular formula is C98H181NO18. The van der Waals surface area contributed by atoms with Gasteiger partial charge in [-0.2, -0.15) is 0 Å². The van der Waals surface area contributed by atoms with E-state index >= 15 is 0 Å². The summed E-state index contributed by atoms with van der Waals surface area (Å²) in [5, 5.41) is 121. The Morgan fingerprint density at radius 1 is 0.308 bits per heavy atom. The molecule has 3 fully saturated rings. The molecule has 3 rings (SSSR count). The summed E-state index contributed by atoms with van der Waals surface area (Å²) in [6.45, 7) is 1.78. The first-order valence-electron chi connectivity index (χ1n) is 49.0. The second-order valence-electron chi connectivity index (χ2n) is 34.9. The molecule has 3 aliphatic rings. The van der Waals surface area contributed by atoms with Crippen LogP contribution in [0.15, 0.2) is 60.8 Å². The quantitative estimate of drug-likeness (QED) is 0.0199. The van der Waals surface area contributed by atoms with E-state index in [1.54, 1.807) is 6.08 Å². The highest BCUT2D eigenvalue weighted by Crippen LogP contribution is 2.34. The molecule has 686 valence electrons. The molecule has 0 aromatic carbocycles. The minimum absolute atomic E-state index is 0.238. The Morgan fingerprint density at radius 2 is 0.573 bits per heavy atom. The van der Waals surface area contributed by atoms with Crippen LogP contribution in [0.4, 0.5) is 0 Å². The van der Waals surface area contributed by atoms with Gasteiger partial charge in [0.25, 0.3) is 0 Å². The van der Waals surface area contributed by atoms with Gasteiger partial charge in [-0.15, -0.1) is 0 Å². The van der Waals surface area contributed by atoms with E-state index in [-0.39, 0.29) is 18.9 Å². The summed E-state index contributed by atoms with van der Waals surface area (Å²) in [4.78, 5) is 13.5. The van der Waals surface area contributed by atoms with E-state index in [0.29, 0.717) is 12.8 Å². The van der Waals surface area contributed by atoms with E-state index in [4.69, 9.17) is 28.4 Å². The number of nitrogens with one attached hydrogen (secondary N) is 1. The molecule has 0 bridgehead atoms. The Morgan fingerprint density at radius 3 is 0.915 bits per heavy atom. The van der Waals surface area contributed by atoms with Gasteiger partial charge in [0.1, 0.15) is 73.2 Å². The van der Waals surface area contributed by atoms with Gasteiger partial charge in [-0.05, 0) is 70.6 Å². The number of unbranched alkanes of at least 4 members (excludes halogenated alkanes) is 57. The van der Waals surface area contributed by atoms with Crippen molar-refractivity contribution in [2.45, 2.75) is 529 Å². The van der Waals surface area contributed by atoms with Crippen LogP contribution in [0, 0.1) is 0 Å². The van der Waals surface area contributed by atoms with Crippen molar-refractivity contribution in [2.24, 2.45) is 0 Å². The summed E-state index contributed by atoms with van der Waals surface area (Å²) in [6.07, 6.45) is 76.9. The third kappa shape index (κ3) is 54.8. The highest BCUT2D eigenvalue weighted by atomic mass is 16.8. The third-order valence-corrected chi connectivity index (χ3v) is 24.3. The monoisotopic (exact) mass is 1660 g/mol. The van der Waals surface area contributed by atoms with Gasteiger partial charge in [-0.1, -0.05) is 408 Å².